The van der Waals surface area contributed by atoms with Gasteiger partial charge < -0.3 is 15.0 Å². The van der Waals surface area contributed by atoms with Gasteiger partial charge in [0.2, 0.25) is 11.8 Å². The molecule has 0 aromatic heterocycles. The zero-order valence-corrected chi connectivity index (χ0v) is 26.8. The third-order valence-electron chi connectivity index (χ3n) is 7.22. The van der Waals surface area contributed by atoms with Gasteiger partial charge in [0.25, 0.3) is 10.0 Å². The highest BCUT2D eigenvalue weighted by atomic mass is 35.5. The van der Waals surface area contributed by atoms with Crippen molar-refractivity contribution in [1.82, 2.24) is 10.2 Å². The van der Waals surface area contributed by atoms with Crippen molar-refractivity contribution in [2.75, 3.05) is 24.5 Å². The van der Waals surface area contributed by atoms with Gasteiger partial charge in [-0.2, -0.15) is 0 Å². The van der Waals surface area contributed by atoms with E-state index in [4.69, 9.17) is 16.3 Å². The number of likely N-dealkylation sites (N-methyl/N-ethyl adjacent to an activating group) is 1. The monoisotopic (exact) mass is 651 g/mol. The Bertz CT molecular complexity index is 1740. The summed E-state index contributed by atoms with van der Waals surface area (Å²) in [5, 5.41) is 3.00. The van der Waals surface area contributed by atoms with Crippen LogP contribution in [0.25, 0.3) is 0 Å². The van der Waals surface area contributed by atoms with Crippen LogP contribution in [0.2, 0.25) is 5.02 Å². The maximum Gasteiger partial charge on any atom is 0.264 e. The molecule has 0 saturated carbocycles. The van der Waals surface area contributed by atoms with Crippen LogP contribution in [0.4, 0.5) is 10.1 Å². The predicted octanol–water partition coefficient (Wildman–Crippen LogP) is 5.77. The molecule has 11 heteroatoms. The van der Waals surface area contributed by atoms with E-state index in [-0.39, 0.29) is 39.9 Å². The minimum atomic E-state index is -4.37. The van der Waals surface area contributed by atoms with Gasteiger partial charge in [-0.05, 0) is 55.8 Å². The van der Waals surface area contributed by atoms with E-state index in [2.05, 4.69) is 5.32 Å². The average molecular weight is 652 g/mol. The highest BCUT2D eigenvalue weighted by Crippen LogP contribution is 2.35. The number of carbonyl (C=O) groups is 2. The van der Waals surface area contributed by atoms with Gasteiger partial charge in [0.1, 0.15) is 24.2 Å². The Labute approximate surface area is 268 Å². The Hall–Kier alpha value is -4.41. The molecule has 0 unspecified atom stereocenters. The summed E-state index contributed by atoms with van der Waals surface area (Å²) >= 11 is 6.31. The second-order valence-corrected chi connectivity index (χ2v) is 12.7. The summed E-state index contributed by atoms with van der Waals surface area (Å²) in [4.78, 5) is 29.2. The molecule has 0 radical (unpaired) electrons. The van der Waals surface area contributed by atoms with E-state index in [0.29, 0.717) is 6.54 Å². The zero-order chi connectivity index (χ0) is 32.6. The quantitative estimate of drug-likeness (QED) is 0.198. The Morgan fingerprint density at radius 2 is 1.62 bits per heavy atom. The fourth-order valence-electron chi connectivity index (χ4n) is 4.86. The second kappa shape index (κ2) is 15.0. The van der Waals surface area contributed by atoms with Crippen LogP contribution in [-0.2, 0) is 32.6 Å². The number of carbonyl (C=O) groups excluding carboxylic acids is 2. The fourth-order valence-corrected chi connectivity index (χ4v) is 6.45. The van der Waals surface area contributed by atoms with Crippen LogP contribution < -0.4 is 14.4 Å². The number of methoxy groups -OCH3 is 1. The van der Waals surface area contributed by atoms with Crippen molar-refractivity contribution >= 4 is 39.1 Å². The van der Waals surface area contributed by atoms with Gasteiger partial charge in [0.15, 0.2) is 0 Å². The first-order valence-corrected chi connectivity index (χ1v) is 16.1. The molecule has 45 heavy (non-hydrogen) atoms. The number of rotatable bonds is 13. The van der Waals surface area contributed by atoms with E-state index in [0.717, 1.165) is 15.4 Å². The first kappa shape index (κ1) is 33.5. The van der Waals surface area contributed by atoms with Crippen LogP contribution in [0.1, 0.15) is 23.6 Å². The van der Waals surface area contributed by atoms with Gasteiger partial charge in [-0.15, -0.1) is 0 Å². The van der Waals surface area contributed by atoms with Gasteiger partial charge >= 0.3 is 0 Å². The Kier molecular flexibility index (Phi) is 11.2. The lowest BCUT2D eigenvalue weighted by molar-refractivity contribution is -0.140. The summed E-state index contributed by atoms with van der Waals surface area (Å²) in [6.45, 7) is 2.85. The summed E-state index contributed by atoms with van der Waals surface area (Å²) < 4.78 is 49.8. The lowest BCUT2D eigenvalue weighted by Crippen LogP contribution is -2.53. The van der Waals surface area contributed by atoms with Crippen LogP contribution in [-0.4, -0.2) is 51.4 Å². The van der Waals surface area contributed by atoms with Gasteiger partial charge in [0.05, 0.1) is 17.7 Å². The smallest absolute Gasteiger partial charge is 0.264 e. The van der Waals surface area contributed by atoms with Crippen molar-refractivity contribution in [2.24, 2.45) is 0 Å². The molecular formula is C34H35ClFN3O5S. The molecule has 0 bridgehead atoms. The van der Waals surface area contributed by atoms with E-state index in [9.17, 15) is 22.4 Å². The Morgan fingerprint density at radius 3 is 2.27 bits per heavy atom. The summed E-state index contributed by atoms with van der Waals surface area (Å²) in [5.74, 6) is -1.60. The first-order chi connectivity index (χ1) is 21.5. The van der Waals surface area contributed by atoms with Gasteiger partial charge in [-0.25, -0.2) is 12.8 Å². The van der Waals surface area contributed by atoms with Crippen LogP contribution in [0.15, 0.2) is 102 Å². The number of amides is 2. The van der Waals surface area contributed by atoms with Gasteiger partial charge in [-0.3, -0.25) is 13.9 Å². The van der Waals surface area contributed by atoms with E-state index in [1.165, 1.54) is 60.5 Å². The van der Waals surface area contributed by atoms with Crippen molar-refractivity contribution in [3.63, 3.8) is 0 Å². The van der Waals surface area contributed by atoms with Crippen LogP contribution in [0, 0.1) is 12.7 Å². The van der Waals surface area contributed by atoms with Crippen LogP contribution in [0.5, 0.6) is 5.75 Å². The molecule has 236 valence electrons. The SMILES string of the molecule is CCNC(=O)[C@@H](Cc1ccccc1)N(Cc1ccccc1F)C(=O)CN(c1cc(Cl)ccc1OC)S(=O)(=O)c1ccc(C)cc1. The number of benzene rings is 4. The molecule has 0 saturated heterocycles. The number of hydrogen-bond donors (Lipinski definition) is 1. The molecule has 4 aromatic rings. The predicted molar refractivity (Wildman–Crippen MR) is 173 cm³/mol. The van der Waals surface area contributed by atoms with Crippen LogP contribution in [0.3, 0.4) is 0 Å². The lowest BCUT2D eigenvalue weighted by Gasteiger charge is -2.34. The van der Waals surface area contributed by atoms with E-state index in [1.807, 2.05) is 37.3 Å². The first-order valence-electron chi connectivity index (χ1n) is 14.3. The van der Waals surface area contributed by atoms with Crippen molar-refractivity contribution in [2.45, 2.75) is 37.8 Å². The third kappa shape index (κ3) is 8.20. The van der Waals surface area contributed by atoms with Crippen LogP contribution >= 0.6 is 11.6 Å². The molecule has 4 rings (SSSR count). The zero-order valence-electron chi connectivity index (χ0n) is 25.2. The third-order valence-corrected chi connectivity index (χ3v) is 9.23. The topological polar surface area (TPSA) is 96.0 Å². The van der Waals surface area contributed by atoms with Crippen molar-refractivity contribution in [3.05, 3.63) is 125 Å². The molecule has 8 nitrogen and oxygen atoms in total. The molecule has 1 atom stereocenters. The van der Waals surface area contributed by atoms with Gasteiger partial charge in [0, 0.05) is 30.1 Å². The van der Waals surface area contributed by atoms with E-state index < -0.39 is 40.2 Å². The lowest BCUT2D eigenvalue weighted by atomic mass is 10.0. The number of nitrogens with zero attached hydrogens (tertiary/aromatic N) is 2. The van der Waals surface area contributed by atoms with Crippen molar-refractivity contribution in [3.8, 4) is 5.75 Å². The summed E-state index contributed by atoms with van der Waals surface area (Å²) in [5.41, 5.74) is 1.81. The number of aryl methyl sites for hydroxylation is 1. The van der Waals surface area contributed by atoms with E-state index >= 15 is 0 Å². The highest BCUT2D eigenvalue weighted by Gasteiger charge is 2.36. The van der Waals surface area contributed by atoms with Gasteiger partial charge in [-0.1, -0.05) is 77.8 Å². The molecule has 0 heterocycles. The number of sulfonamides is 1. The average Bonchev–Trinajstić information content (AvgIpc) is 3.03. The van der Waals surface area contributed by atoms with Crippen molar-refractivity contribution in [1.29, 1.82) is 0 Å². The number of anilines is 1. The molecule has 2 amide bonds. The molecular weight excluding hydrogens is 617 g/mol. The molecule has 0 spiro atoms. The Balaban J connectivity index is 1.85. The Morgan fingerprint density at radius 1 is 0.956 bits per heavy atom. The number of hydrogen-bond acceptors (Lipinski definition) is 5. The molecule has 0 fully saturated rings. The number of nitrogens with one attached hydrogen (secondary N) is 1. The minimum Gasteiger partial charge on any atom is -0.495 e. The maximum atomic E-state index is 15.0. The summed E-state index contributed by atoms with van der Waals surface area (Å²) in [6.07, 6.45) is 0.109. The van der Waals surface area contributed by atoms with Crippen molar-refractivity contribution < 1.29 is 27.1 Å². The molecule has 0 aliphatic rings. The fraction of sp³-hybridized carbons (Fsp3) is 0.235. The minimum absolute atomic E-state index is 0.0300. The molecule has 0 aliphatic heterocycles. The summed E-state index contributed by atoms with van der Waals surface area (Å²) in [7, 11) is -3.00. The maximum absolute atomic E-state index is 15.0. The second-order valence-electron chi connectivity index (χ2n) is 10.4. The largest absolute Gasteiger partial charge is 0.495 e. The molecule has 1 N–H and O–H groups in total. The highest BCUT2D eigenvalue weighted by molar-refractivity contribution is 7.92. The number of ether oxygens (including phenoxy) is 1. The molecule has 4 aromatic carbocycles. The standard InChI is InChI=1S/C34H35ClFN3O5S/c1-4-37-34(41)31(20-25-10-6-5-7-11-25)38(22-26-12-8-9-13-29(26)36)33(40)23-39(30-21-27(35)16-19-32(30)44-3)45(42,43)28-17-14-24(2)15-18-28/h5-19,21,31H,4,20,22-23H2,1-3H3,(H,37,41)/t31-/m1/s1. The normalized spacial score (nSPS) is 11.8. The number of halogens is 2. The van der Waals surface area contributed by atoms with E-state index in [1.54, 1.807) is 25.1 Å². The summed E-state index contributed by atoms with van der Waals surface area (Å²) in [6, 6.07) is 24.6. The molecule has 0 aliphatic carbocycles.